The molecule has 8 bridgehead atoms. The minimum absolute atomic E-state index is 0.00591. The van der Waals surface area contributed by atoms with Crippen LogP contribution in [0.15, 0.2) is 60.7 Å². The zero-order valence-corrected chi connectivity index (χ0v) is 31.9. The Morgan fingerprint density at radius 2 is 0.741 bits per heavy atom. The maximum Gasteiger partial charge on any atom is 0.242 e. The number of rotatable bonds is 9. The highest BCUT2D eigenvalue weighted by Gasteiger charge is 3.10. The molecule has 0 spiro atoms. The number of hydrogen-bond acceptors (Lipinski definition) is 12. The van der Waals surface area contributed by atoms with Gasteiger partial charge in [0.2, 0.25) is 35.4 Å². The highest BCUT2D eigenvalue weighted by atomic mass is 16.6. The van der Waals surface area contributed by atoms with E-state index in [0.717, 1.165) is 22.3 Å². The van der Waals surface area contributed by atoms with Crippen LogP contribution in [0.3, 0.4) is 0 Å². The number of fused-ring (bicyclic) bond motifs is 6. The molecule has 9 aliphatic heterocycles. The number of ether oxygens (including phenoxy) is 6. The molecule has 2 aromatic carbocycles. The molecule has 0 aromatic heterocycles. The lowest BCUT2D eigenvalue weighted by atomic mass is 9.27. The third-order valence-corrected chi connectivity index (χ3v) is 16.9. The van der Waals surface area contributed by atoms with Crippen LogP contribution in [0.25, 0.3) is 0 Å². The van der Waals surface area contributed by atoms with Crippen LogP contribution in [-0.4, -0.2) is 148 Å². The van der Waals surface area contributed by atoms with Gasteiger partial charge in [-0.05, 0) is 22.3 Å². The number of likely N-dealkylation sites (tertiary alicyclic amines) is 3. The number of carbonyl (C=O) groups excluding carboxylic acids is 6. The predicted octanol–water partition coefficient (Wildman–Crippen LogP) is 0.141. The van der Waals surface area contributed by atoms with Crippen LogP contribution in [-0.2, 0) is 57.2 Å². The second-order valence-electron chi connectivity index (χ2n) is 17.8. The maximum absolute atomic E-state index is 16.1. The number of methoxy groups -OCH3 is 3. The van der Waals surface area contributed by atoms with Crippen molar-refractivity contribution in [3.8, 4) is 0 Å². The summed E-state index contributed by atoms with van der Waals surface area (Å²) in [7, 11) is 4.44. The fraction of sp³-hybridized carbons (Fsp3) is 0.535. The van der Waals surface area contributed by atoms with Gasteiger partial charge in [-0.1, -0.05) is 60.7 Å². The first-order chi connectivity index (χ1) is 28.2. The van der Waals surface area contributed by atoms with E-state index in [9.17, 15) is 0 Å². The second-order valence-corrected chi connectivity index (χ2v) is 17.8. The quantitative estimate of drug-likeness (QED) is 0.250. The van der Waals surface area contributed by atoms with Crippen molar-refractivity contribution in [2.75, 3.05) is 60.8 Å². The fourth-order valence-electron chi connectivity index (χ4n) is 15.7. The molecular weight excluding hydrogens is 750 g/mol. The van der Waals surface area contributed by atoms with E-state index >= 15 is 28.8 Å². The molecule has 2 aromatic rings. The van der Waals surface area contributed by atoms with Gasteiger partial charge in [0, 0.05) is 33.2 Å². The Morgan fingerprint density at radius 1 is 0.448 bits per heavy atom. The highest BCUT2D eigenvalue weighted by molar-refractivity contribution is 6.22. The molecular formula is C43H39N3O12. The van der Waals surface area contributed by atoms with E-state index in [1.165, 1.54) is 36.0 Å². The predicted molar refractivity (Wildman–Crippen MR) is 192 cm³/mol. The molecule has 12 atom stereocenters. The number of carbonyl (C=O) groups is 6. The van der Waals surface area contributed by atoms with Crippen molar-refractivity contribution in [2.24, 2.45) is 32.5 Å². The Labute approximate surface area is 331 Å². The number of imide groups is 3. The van der Waals surface area contributed by atoms with Crippen molar-refractivity contribution in [3.05, 3.63) is 82.9 Å². The Kier molecular flexibility index (Phi) is 6.02. The van der Waals surface area contributed by atoms with Crippen LogP contribution in [0, 0.1) is 32.5 Å². The van der Waals surface area contributed by atoms with Gasteiger partial charge in [-0.2, -0.15) is 0 Å². The molecule has 6 amide bonds. The van der Waals surface area contributed by atoms with Crippen LogP contribution in [0.4, 0.5) is 0 Å². The summed E-state index contributed by atoms with van der Waals surface area (Å²) in [4.78, 5) is 98.7. The van der Waals surface area contributed by atoms with E-state index in [2.05, 4.69) is 0 Å². The SMILES string of the molecule is COCCN1C(=O)[C@@]23[C@@H]4O[C@H]([C@]2(C1=O)[C@H]1O[C@@H]3[C@@]23C(=O)N(CCOC)C(=O)[C@@]12C1c2ccccc2C3c2ccccc21)[C@@]12C(=O)N(CCOC)C(=O)[C@@]41[C@@H]1C=C[C@H]2O1. The zero-order chi connectivity index (χ0) is 39.7. The van der Waals surface area contributed by atoms with Crippen LogP contribution >= 0.6 is 0 Å². The maximum atomic E-state index is 16.1. The molecule has 8 saturated heterocycles. The summed E-state index contributed by atoms with van der Waals surface area (Å²) in [6.45, 7) is -0.128. The molecule has 0 radical (unpaired) electrons. The number of hydrogen-bond donors (Lipinski definition) is 0. The average molecular weight is 790 g/mol. The molecule has 14 rings (SSSR count). The molecule has 0 saturated carbocycles. The molecule has 3 aliphatic carbocycles. The van der Waals surface area contributed by atoms with Gasteiger partial charge in [0.25, 0.3) is 0 Å². The largest absolute Gasteiger partial charge is 0.383 e. The third kappa shape index (κ3) is 2.66. The summed E-state index contributed by atoms with van der Waals surface area (Å²) in [6.07, 6.45) is -4.22. The summed E-state index contributed by atoms with van der Waals surface area (Å²) in [5.41, 5.74) is -7.80. The van der Waals surface area contributed by atoms with Gasteiger partial charge < -0.3 is 28.4 Å². The summed E-state index contributed by atoms with van der Waals surface area (Å²) >= 11 is 0. The van der Waals surface area contributed by atoms with Crippen molar-refractivity contribution < 1.29 is 57.2 Å². The molecule has 15 nitrogen and oxygen atoms in total. The first-order valence-corrected chi connectivity index (χ1v) is 20.0. The van der Waals surface area contributed by atoms with E-state index in [0.29, 0.717) is 0 Å². The van der Waals surface area contributed by atoms with E-state index in [1.54, 1.807) is 12.2 Å². The van der Waals surface area contributed by atoms with Gasteiger partial charge in [-0.25, -0.2) is 0 Å². The fourth-order valence-corrected chi connectivity index (χ4v) is 15.7. The molecule has 9 heterocycles. The van der Waals surface area contributed by atoms with Crippen molar-refractivity contribution in [1.29, 1.82) is 0 Å². The number of nitrogens with zero attached hydrogens (tertiary/aromatic N) is 3. The van der Waals surface area contributed by atoms with E-state index < -0.39 is 116 Å². The minimum Gasteiger partial charge on any atom is -0.383 e. The Balaban J connectivity index is 1.17. The van der Waals surface area contributed by atoms with Crippen molar-refractivity contribution in [1.82, 2.24) is 14.7 Å². The number of benzene rings is 2. The van der Waals surface area contributed by atoms with Crippen molar-refractivity contribution in [3.63, 3.8) is 0 Å². The molecule has 298 valence electrons. The Morgan fingerprint density at radius 3 is 1.07 bits per heavy atom. The van der Waals surface area contributed by atoms with Crippen LogP contribution in [0.1, 0.15) is 34.1 Å². The second kappa shape index (κ2) is 10.2. The standard InChI is InChI=1S/C43H39N3O12/c1-53-17-14-44-32(47)38-24-12-13-25(56-24)39(38,33(44)48)29-43-31-41-27-21-9-5-4-8-20(21)26(22-10-6-7-11-23(22)27)40(41,34(49)45(35(41)50)15-18-54-2)30(58-31)42(43,28(38)57-29)36(51)46(37(43)52)16-19-55-3/h4-13,24-31H,14-19H2,1-3H3/t24-,25+,26?,27?,28+,29-,30+,31-,38+,39-,40-,41+,42-,43+. The lowest BCUT2D eigenvalue weighted by Crippen LogP contribution is -2.80. The van der Waals surface area contributed by atoms with Crippen molar-refractivity contribution in [2.45, 2.75) is 48.5 Å². The molecule has 15 heteroatoms. The first kappa shape index (κ1) is 34.2. The lowest BCUT2D eigenvalue weighted by molar-refractivity contribution is -0.187. The summed E-state index contributed by atoms with van der Waals surface area (Å²) in [6, 6.07) is 15.5. The average Bonchev–Trinajstić information content (AvgIpc) is 4.11. The van der Waals surface area contributed by atoms with Gasteiger partial charge >= 0.3 is 0 Å². The van der Waals surface area contributed by atoms with Crippen LogP contribution in [0.5, 0.6) is 0 Å². The lowest BCUT2D eigenvalue weighted by Gasteiger charge is -2.65. The molecule has 58 heavy (non-hydrogen) atoms. The Bertz CT molecular complexity index is 2240. The number of amides is 6. The van der Waals surface area contributed by atoms with E-state index in [1.807, 2.05) is 48.5 Å². The third-order valence-electron chi connectivity index (χ3n) is 16.9. The van der Waals surface area contributed by atoms with Gasteiger partial charge in [-0.3, -0.25) is 43.5 Å². The van der Waals surface area contributed by atoms with E-state index in [4.69, 9.17) is 28.4 Å². The zero-order valence-electron chi connectivity index (χ0n) is 31.9. The van der Waals surface area contributed by atoms with Gasteiger partial charge in [0.05, 0.1) is 76.1 Å². The summed E-state index contributed by atoms with van der Waals surface area (Å²) in [5, 5.41) is 0. The van der Waals surface area contributed by atoms with E-state index in [-0.39, 0.29) is 39.5 Å². The Hall–Kier alpha value is -4.64. The minimum atomic E-state index is -2.02. The molecule has 8 fully saturated rings. The van der Waals surface area contributed by atoms with Crippen molar-refractivity contribution >= 4 is 35.4 Å². The highest BCUT2D eigenvalue weighted by Crippen LogP contribution is 2.94. The molecule has 0 N–H and O–H groups in total. The van der Waals surface area contributed by atoms with Crippen LogP contribution in [0.2, 0.25) is 0 Å². The van der Waals surface area contributed by atoms with Gasteiger partial charge in [-0.15, -0.1) is 0 Å². The monoisotopic (exact) mass is 789 g/mol. The van der Waals surface area contributed by atoms with Gasteiger partial charge in [0.1, 0.15) is 32.5 Å². The molecule has 0 unspecified atom stereocenters. The molecule has 12 aliphatic rings. The van der Waals surface area contributed by atoms with Crippen LogP contribution < -0.4 is 0 Å². The summed E-state index contributed by atoms with van der Waals surface area (Å²) in [5.74, 6) is -5.03. The normalized spacial score (nSPS) is 46.7. The van der Waals surface area contributed by atoms with Gasteiger partial charge in [0.15, 0.2) is 0 Å². The first-order valence-electron chi connectivity index (χ1n) is 20.0. The topological polar surface area (TPSA) is 168 Å². The summed E-state index contributed by atoms with van der Waals surface area (Å²) < 4.78 is 37.4. The smallest absolute Gasteiger partial charge is 0.242 e.